The lowest BCUT2D eigenvalue weighted by molar-refractivity contribution is 0.102. The van der Waals surface area contributed by atoms with E-state index in [4.69, 9.17) is 5.26 Å². The number of nitrogens with one attached hydrogen (secondary N) is 1. The molecule has 0 spiro atoms. The van der Waals surface area contributed by atoms with Gasteiger partial charge in [-0.3, -0.25) is 4.79 Å². The molecule has 0 bridgehead atoms. The van der Waals surface area contributed by atoms with Crippen molar-refractivity contribution in [3.63, 3.8) is 0 Å². The van der Waals surface area contributed by atoms with Gasteiger partial charge in [0.25, 0.3) is 5.91 Å². The Hall–Kier alpha value is -2.60. The Kier molecular flexibility index (Phi) is 4.09. The summed E-state index contributed by atoms with van der Waals surface area (Å²) in [6.45, 7) is 6.40. The summed E-state index contributed by atoms with van der Waals surface area (Å²) in [5.74, 6) is -0.175. The quantitative estimate of drug-likeness (QED) is 0.898. The van der Waals surface area contributed by atoms with Gasteiger partial charge in [-0.2, -0.15) is 5.26 Å². The SMILES string of the molecule is CC(C)(C)c1ccc(C(=O)Nc2cccc(C#N)c2)cc1. The van der Waals surface area contributed by atoms with Crippen LogP contribution in [0.5, 0.6) is 0 Å². The van der Waals surface area contributed by atoms with E-state index in [1.165, 1.54) is 5.56 Å². The zero-order chi connectivity index (χ0) is 15.5. The van der Waals surface area contributed by atoms with Crippen molar-refractivity contribution in [2.45, 2.75) is 26.2 Å². The summed E-state index contributed by atoms with van der Waals surface area (Å²) in [7, 11) is 0. The number of carbonyl (C=O) groups excluding carboxylic acids is 1. The molecular weight excluding hydrogens is 260 g/mol. The summed E-state index contributed by atoms with van der Waals surface area (Å²) in [5, 5.41) is 11.7. The molecule has 1 N–H and O–H groups in total. The second kappa shape index (κ2) is 5.80. The van der Waals surface area contributed by atoms with Crippen molar-refractivity contribution in [3.05, 3.63) is 65.2 Å². The Morgan fingerprint density at radius 1 is 1.10 bits per heavy atom. The standard InChI is InChI=1S/C18H18N2O/c1-18(2,3)15-9-7-14(8-10-15)17(21)20-16-6-4-5-13(11-16)12-19/h4-11H,1-3H3,(H,20,21). The predicted molar refractivity (Wildman–Crippen MR) is 84.3 cm³/mol. The Morgan fingerprint density at radius 3 is 2.33 bits per heavy atom. The molecule has 3 heteroatoms. The van der Waals surface area contributed by atoms with Gasteiger partial charge >= 0.3 is 0 Å². The fraction of sp³-hybridized carbons (Fsp3) is 0.222. The minimum atomic E-state index is -0.175. The topological polar surface area (TPSA) is 52.9 Å². The van der Waals surface area contributed by atoms with Crippen molar-refractivity contribution in [2.24, 2.45) is 0 Å². The highest BCUT2D eigenvalue weighted by molar-refractivity contribution is 6.04. The third-order valence-electron chi connectivity index (χ3n) is 3.26. The van der Waals surface area contributed by atoms with E-state index in [1.54, 1.807) is 24.3 Å². The van der Waals surface area contributed by atoms with Crippen LogP contribution in [-0.4, -0.2) is 5.91 Å². The van der Waals surface area contributed by atoms with Crippen molar-refractivity contribution in [1.29, 1.82) is 5.26 Å². The maximum atomic E-state index is 12.2. The molecule has 0 saturated heterocycles. The number of benzene rings is 2. The molecule has 0 aliphatic rings. The van der Waals surface area contributed by atoms with E-state index < -0.39 is 0 Å². The number of hydrogen-bond acceptors (Lipinski definition) is 2. The summed E-state index contributed by atoms with van der Waals surface area (Å²) in [6, 6.07) is 16.5. The average molecular weight is 278 g/mol. The molecule has 106 valence electrons. The first-order valence-electron chi connectivity index (χ1n) is 6.82. The van der Waals surface area contributed by atoms with Crippen LogP contribution in [0.3, 0.4) is 0 Å². The third-order valence-corrected chi connectivity index (χ3v) is 3.26. The molecule has 0 radical (unpaired) electrons. The highest BCUT2D eigenvalue weighted by atomic mass is 16.1. The Bertz CT molecular complexity index is 688. The molecule has 0 fully saturated rings. The average Bonchev–Trinajstić information content (AvgIpc) is 2.46. The number of nitriles is 1. The predicted octanol–water partition coefficient (Wildman–Crippen LogP) is 4.11. The summed E-state index contributed by atoms with van der Waals surface area (Å²) in [4.78, 5) is 12.2. The molecule has 0 aliphatic heterocycles. The van der Waals surface area contributed by atoms with Crippen LogP contribution in [0, 0.1) is 11.3 Å². The van der Waals surface area contributed by atoms with Gasteiger partial charge < -0.3 is 5.32 Å². The van der Waals surface area contributed by atoms with Crippen molar-refractivity contribution >= 4 is 11.6 Å². The van der Waals surface area contributed by atoms with Crippen LogP contribution in [-0.2, 0) is 5.41 Å². The lowest BCUT2D eigenvalue weighted by Gasteiger charge is -2.19. The normalized spacial score (nSPS) is 10.8. The first kappa shape index (κ1) is 14.8. The Labute approximate surface area is 125 Å². The molecule has 0 atom stereocenters. The first-order valence-corrected chi connectivity index (χ1v) is 6.82. The van der Waals surface area contributed by atoms with Gasteiger partial charge in [0, 0.05) is 11.3 Å². The van der Waals surface area contributed by atoms with Crippen LogP contribution in [0.15, 0.2) is 48.5 Å². The molecule has 0 aliphatic carbocycles. The Morgan fingerprint density at radius 2 is 1.76 bits per heavy atom. The second-order valence-corrected chi connectivity index (χ2v) is 5.97. The van der Waals surface area contributed by atoms with Gasteiger partial charge in [0.05, 0.1) is 11.6 Å². The fourth-order valence-corrected chi connectivity index (χ4v) is 1.99. The minimum Gasteiger partial charge on any atom is -0.322 e. The van der Waals surface area contributed by atoms with E-state index in [0.717, 1.165) is 0 Å². The molecule has 1 amide bonds. The smallest absolute Gasteiger partial charge is 0.255 e. The van der Waals surface area contributed by atoms with Crippen LogP contribution in [0.25, 0.3) is 0 Å². The third kappa shape index (κ3) is 3.70. The summed E-state index contributed by atoms with van der Waals surface area (Å²) in [6.07, 6.45) is 0. The maximum Gasteiger partial charge on any atom is 0.255 e. The van der Waals surface area contributed by atoms with Gasteiger partial charge in [0.15, 0.2) is 0 Å². The molecule has 0 saturated carbocycles. The zero-order valence-electron chi connectivity index (χ0n) is 12.5. The number of nitrogens with zero attached hydrogens (tertiary/aromatic N) is 1. The number of anilines is 1. The number of hydrogen-bond donors (Lipinski definition) is 1. The van der Waals surface area contributed by atoms with E-state index in [2.05, 4.69) is 32.2 Å². The van der Waals surface area contributed by atoms with Crippen molar-refractivity contribution < 1.29 is 4.79 Å². The molecule has 2 aromatic carbocycles. The van der Waals surface area contributed by atoms with Crippen molar-refractivity contribution in [1.82, 2.24) is 0 Å². The van der Waals surface area contributed by atoms with Crippen molar-refractivity contribution in [2.75, 3.05) is 5.32 Å². The zero-order valence-corrected chi connectivity index (χ0v) is 12.5. The van der Waals surface area contributed by atoms with E-state index in [-0.39, 0.29) is 11.3 Å². The van der Waals surface area contributed by atoms with Crippen LogP contribution in [0.4, 0.5) is 5.69 Å². The lowest BCUT2D eigenvalue weighted by atomic mass is 9.87. The van der Waals surface area contributed by atoms with Gasteiger partial charge in [-0.05, 0) is 41.3 Å². The van der Waals surface area contributed by atoms with Crippen LogP contribution >= 0.6 is 0 Å². The van der Waals surface area contributed by atoms with E-state index in [9.17, 15) is 4.79 Å². The Balaban J connectivity index is 2.15. The molecule has 2 rings (SSSR count). The van der Waals surface area contributed by atoms with Crippen LogP contribution in [0.2, 0.25) is 0 Å². The first-order chi connectivity index (χ1) is 9.90. The molecule has 0 heterocycles. The van der Waals surface area contributed by atoms with Gasteiger partial charge in [-0.1, -0.05) is 39.0 Å². The number of rotatable bonds is 2. The van der Waals surface area contributed by atoms with Crippen LogP contribution < -0.4 is 5.32 Å². The largest absolute Gasteiger partial charge is 0.322 e. The molecule has 0 aromatic heterocycles. The lowest BCUT2D eigenvalue weighted by Crippen LogP contribution is -2.14. The summed E-state index contributed by atoms with van der Waals surface area (Å²) in [5.41, 5.74) is 3.00. The molecule has 3 nitrogen and oxygen atoms in total. The number of carbonyl (C=O) groups is 1. The van der Waals surface area contributed by atoms with E-state index in [1.807, 2.05) is 24.3 Å². The molecule has 0 unspecified atom stereocenters. The van der Waals surface area contributed by atoms with Gasteiger partial charge in [0.1, 0.15) is 0 Å². The van der Waals surface area contributed by atoms with E-state index >= 15 is 0 Å². The molecule has 2 aromatic rings. The highest BCUT2D eigenvalue weighted by Crippen LogP contribution is 2.22. The highest BCUT2D eigenvalue weighted by Gasteiger charge is 2.14. The fourth-order valence-electron chi connectivity index (χ4n) is 1.99. The van der Waals surface area contributed by atoms with Gasteiger partial charge in [-0.25, -0.2) is 0 Å². The summed E-state index contributed by atoms with van der Waals surface area (Å²) < 4.78 is 0. The minimum absolute atomic E-state index is 0.0656. The monoisotopic (exact) mass is 278 g/mol. The number of amides is 1. The second-order valence-electron chi connectivity index (χ2n) is 5.97. The maximum absolute atomic E-state index is 12.2. The summed E-state index contributed by atoms with van der Waals surface area (Å²) >= 11 is 0. The van der Waals surface area contributed by atoms with E-state index in [0.29, 0.717) is 16.8 Å². The molecule has 21 heavy (non-hydrogen) atoms. The van der Waals surface area contributed by atoms with Gasteiger partial charge in [0.2, 0.25) is 0 Å². The van der Waals surface area contributed by atoms with Crippen LogP contribution in [0.1, 0.15) is 42.3 Å². The van der Waals surface area contributed by atoms with Crippen molar-refractivity contribution in [3.8, 4) is 6.07 Å². The molecular formula is C18H18N2O. The van der Waals surface area contributed by atoms with Gasteiger partial charge in [-0.15, -0.1) is 0 Å².